The summed E-state index contributed by atoms with van der Waals surface area (Å²) >= 11 is 6.34. The number of rotatable bonds is 4. The Bertz CT molecular complexity index is 893. The molecular weight excluding hydrogens is 364 g/mol. The Morgan fingerprint density at radius 3 is 2.37 bits per heavy atom. The van der Waals surface area contributed by atoms with E-state index in [0.29, 0.717) is 27.5 Å². The highest BCUT2D eigenvalue weighted by Crippen LogP contribution is 2.36. The van der Waals surface area contributed by atoms with Crippen molar-refractivity contribution in [3.63, 3.8) is 0 Å². The highest BCUT2D eigenvalue weighted by atomic mass is 35.5. The third-order valence-electron chi connectivity index (χ3n) is 4.28. The van der Waals surface area contributed by atoms with Gasteiger partial charge in [0.15, 0.2) is 0 Å². The van der Waals surface area contributed by atoms with Crippen LogP contribution >= 0.6 is 11.6 Å². The Hall–Kier alpha value is -2.79. The number of urea groups is 1. The van der Waals surface area contributed by atoms with E-state index in [0.717, 1.165) is 0 Å². The number of amides is 2. The molecule has 1 aliphatic heterocycles. The Morgan fingerprint density at radius 2 is 1.74 bits per heavy atom. The van der Waals surface area contributed by atoms with E-state index < -0.39 is 12.0 Å². The summed E-state index contributed by atoms with van der Waals surface area (Å²) in [6.07, 6.45) is -0.285. The number of benzene rings is 2. The molecule has 0 radical (unpaired) electrons. The number of esters is 1. The molecule has 0 fully saturated rings. The summed E-state index contributed by atoms with van der Waals surface area (Å²) < 4.78 is 5.45. The number of hydrogen-bond acceptors (Lipinski definition) is 3. The third-order valence-corrected chi connectivity index (χ3v) is 4.62. The van der Waals surface area contributed by atoms with Crippen molar-refractivity contribution >= 4 is 29.3 Å². The van der Waals surface area contributed by atoms with Gasteiger partial charge in [-0.05, 0) is 44.5 Å². The summed E-state index contributed by atoms with van der Waals surface area (Å²) in [6.45, 7) is 5.32. The van der Waals surface area contributed by atoms with Crippen LogP contribution in [-0.4, -0.2) is 18.1 Å². The zero-order chi connectivity index (χ0) is 19.6. The number of para-hydroxylation sites is 1. The van der Waals surface area contributed by atoms with Crippen LogP contribution in [-0.2, 0) is 9.53 Å². The van der Waals surface area contributed by atoms with E-state index in [9.17, 15) is 9.59 Å². The highest BCUT2D eigenvalue weighted by molar-refractivity contribution is 6.31. The lowest BCUT2D eigenvalue weighted by atomic mass is 9.94. The molecule has 1 heterocycles. The molecule has 1 aliphatic rings. The van der Waals surface area contributed by atoms with Crippen LogP contribution in [0.2, 0.25) is 5.02 Å². The van der Waals surface area contributed by atoms with Gasteiger partial charge in [-0.15, -0.1) is 0 Å². The minimum Gasteiger partial charge on any atom is -0.459 e. The molecule has 3 rings (SSSR count). The van der Waals surface area contributed by atoms with Gasteiger partial charge in [-0.3, -0.25) is 4.90 Å². The van der Waals surface area contributed by atoms with Gasteiger partial charge in [0.1, 0.15) is 0 Å². The van der Waals surface area contributed by atoms with Crippen LogP contribution in [0.5, 0.6) is 0 Å². The zero-order valence-electron chi connectivity index (χ0n) is 15.4. The van der Waals surface area contributed by atoms with Gasteiger partial charge in [0.2, 0.25) is 0 Å². The Kier molecular flexibility index (Phi) is 5.51. The summed E-state index contributed by atoms with van der Waals surface area (Å²) in [4.78, 5) is 27.2. The van der Waals surface area contributed by atoms with E-state index in [4.69, 9.17) is 16.3 Å². The highest BCUT2D eigenvalue weighted by Gasteiger charge is 2.38. The van der Waals surface area contributed by atoms with Crippen molar-refractivity contribution in [2.45, 2.75) is 32.9 Å². The normalized spacial score (nSPS) is 17.1. The van der Waals surface area contributed by atoms with Gasteiger partial charge in [0, 0.05) is 10.7 Å². The first-order chi connectivity index (χ1) is 12.9. The quantitative estimate of drug-likeness (QED) is 0.767. The monoisotopic (exact) mass is 384 g/mol. The summed E-state index contributed by atoms with van der Waals surface area (Å²) in [5.74, 6) is -0.478. The van der Waals surface area contributed by atoms with Gasteiger partial charge < -0.3 is 10.1 Å². The summed E-state index contributed by atoms with van der Waals surface area (Å²) in [5, 5.41) is 3.37. The van der Waals surface area contributed by atoms with E-state index >= 15 is 0 Å². The number of nitrogens with one attached hydrogen (secondary N) is 1. The van der Waals surface area contributed by atoms with E-state index in [1.165, 1.54) is 4.90 Å². The molecule has 27 heavy (non-hydrogen) atoms. The summed E-state index contributed by atoms with van der Waals surface area (Å²) in [5.41, 5.74) is 2.19. The lowest BCUT2D eigenvalue weighted by Gasteiger charge is -2.35. The maximum Gasteiger partial charge on any atom is 0.338 e. The molecule has 0 saturated heterocycles. The number of allylic oxidation sites excluding steroid dienone is 1. The number of carbonyl (C=O) groups is 2. The third kappa shape index (κ3) is 3.83. The van der Waals surface area contributed by atoms with Gasteiger partial charge in [-0.2, -0.15) is 0 Å². The Morgan fingerprint density at radius 1 is 1.11 bits per heavy atom. The standard InChI is InChI=1S/C21H21ClN2O3/c1-13(2)27-20(25)18-14(3)24(15-9-5-4-6-10-15)21(26)23-19(18)16-11-7-8-12-17(16)22/h4-13,19H,1-3H3,(H,23,26). The van der Waals surface area contributed by atoms with Crippen LogP contribution in [0.3, 0.4) is 0 Å². The second-order valence-corrected chi connectivity index (χ2v) is 6.94. The molecular formula is C21H21ClN2O3. The average Bonchev–Trinajstić information content (AvgIpc) is 2.62. The fraction of sp³-hybridized carbons (Fsp3) is 0.238. The van der Waals surface area contributed by atoms with Crippen LogP contribution in [0.1, 0.15) is 32.4 Å². The second-order valence-electron chi connectivity index (χ2n) is 6.53. The molecule has 6 heteroatoms. The number of carbonyl (C=O) groups excluding carboxylic acids is 2. The molecule has 5 nitrogen and oxygen atoms in total. The topological polar surface area (TPSA) is 58.6 Å². The Labute approximate surface area is 163 Å². The van der Waals surface area contributed by atoms with Crippen molar-refractivity contribution in [3.8, 4) is 0 Å². The Balaban J connectivity index is 2.15. The molecule has 2 aromatic carbocycles. The minimum absolute atomic E-state index is 0.285. The minimum atomic E-state index is -0.683. The molecule has 0 saturated carbocycles. The van der Waals surface area contributed by atoms with Gasteiger partial charge in [-0.1, -0.05) is 48.0 Å². The van der Waals surface area contributed by atoms with Crippen LogP contribution < -0.4 is 10.2 Å². The molecule has 0 spiro atoms. The fourth-order valence-corrected chi connectivity index (χ4v) is 3.36. The molecule has 0 bridgehead atoms. The van der Waals surface area contributed by atoms with Crippen molar-refractivity contribution < 1.29 is 14.3 Å². The lowest BCUT2D eigenvalue weighted by Crippen LogP contribution is -2.48. The molecule has 1 N–H and O–H groups in total. The fourth-order valence-electron chi connectivity index (χ4n) is 3.12. The van der Waals surface area contributed by atoms with Crippen molar-refractivity contribution in [1.82, 2.24) is 5.32 Å². The number of nitrogens with zero attached hydrogens (tertiary/aromatic N) is 1. The van der Waals surface area contributed by atoms with E-state index in [1.807, 2.05) is 36.4 Å². The van der Waals surface area contributed by atoms with E-state index in [2.05, 4.69) is 5.32 Å². The lowest BCUT2D eigenvalue weighted by molar-refractivity contribution is -0.143. The number of anilines is 1. The van der Waals surface area contributed by atoms with Crippen LogP contribution in [0, 0.1) is 0 Å². The first-order valence-electron chi connectivity index (χ1n) is 8.72. The van der Waals surface area contributed by atoms with Crippen LogP contribution in [0.25, 0.3) is 0 Å². The maximum atomic E-state index is 12.9. The van der Waals surface area contributed by atoms with Gasteiger partial charge in [0.25, 0.3) is 0 Å². The van der Waals surface area contributed by atoms with E-state index in [1.54, 1.807) is 39.0 Å². The number of hydrogen-bond donors (Lipinski definition) is 1. The predicted molar refractivity (Wildman–Crippen MR) is 106 cm³/mol. The average molecular weight is 385 g/mol. The number of halogens is 1. The molecule has 0 aromatic heterocycles. The molecule has 2 aromatic rings. The largest absolute Gasteiger partial charge is 0.459 e. The van der Waals surface area contributed by atoms with Crippen molar-refractivity contribution in [2.75, 3.05) is 4.90 Å². The molecule has 1 atom stereocenters. The summed E-state index contributed by atoms with van der Waals surface area (Å²) in [6, 6.07) is 15.3. The van der Waals surface area contributed by atoms with Gasteiger partial charge in [0.05, 0.1) is 23.4 Å². The van der Waals surface area contributed by atoms with Crippen LogP contribution in [0.4, 0.5) is 10.5 Å². The predicted octanol–water partition coefficient (Wildman–Crippen LogP) is 4.84. The van der Waals surface area contributed by atoms with Gasteiger partial charge in [-0.25, -0.2) is 9.59 Å². The second kappa shape index (κ2) is 7.84. The van der Waals surface area contributed by atoms with Crippen molar-refractivity contribution in [2.24, 2.45) is 0 Å². The molecule has 2 amide bonds. The first-order valence-corrected chi connectivity index (χ1v) is 9.09. The first kappa shape index (κ1) is 19.0. The summed E-state index contributed by atoms with van der Waals surface area (Å²) in [7, 11) is 0. The SMILES string of the molecule is CC1=C(C(=O)OC(C)C)C(c2ccccc2Cl)NC(=O)N1c1ccccc1. The smallest absolute Gasteiger partial charge is 0.338 e. The van der Waals surface area contributed by atoms with Crippen molar-refractivity contribution in [3.05, 3.63) is 76.5 Å². The number of ether oxygens (including phenoxy) is 1. The molecule has 1 unspecified atom stereocenters. The zero-order valence-corrected chi connectivity index (χ0v) is 16.2. The molecule has 0 aliphatic carbocycles. The van der Waals surface area contributed by atoms with Gasteiger partial charge >= 0.3 is 12.0 Å². The maximum absolute atomic E-state index is 12.9. The molecule has 140 valence electrons. The van der Waals surface area contributed by atoms with E-state index in [-0.39, 0.29) is 12.1 Å². The van der Waals surface area contributed by atoms with Crippen molar-refractivity contribution in [1.29, 1.82) is 0 Å². The van der Waals surface area contributed by atoms with Crippen LogP contribution in [0.15, 0.2) is 65.9 Å².